The number of likely N-dealkylation sites (N-methyl/N-ethyl adjacent to an activating group) is 1. The number of nitrogens with one attached hydrogen (secondary N) is 1. The maximum atomic E-state index is 12.5. The predicted octanol–water partition coefficient (Wildman–Crippen LogP) is 4.25. The Balaban J connectivity index is 0.000000614. The second-order valence-corrected chi connectivity index (χ2v) is 6.28. The summed E-state index contributed by atoms with van der Waals surface area (Å²) in [4.78, 5) is 16.5. The Hall–Kier alpha value is -2.11. The molecule has 0 spiro atoms. The molecule has 2 aliphatic rings. The van der Waals surface area contributed by atoms with Crippen molar-refractivity contribution in [1.82, 2.24) is 9.80 Å². The quantitative estimate of drug-likeness (QED) is 0.584. The number of amides is 1. The molecular weight excluding hydrogens is 362 g/mol. The van der Waals surface area contributed by atoms with Crippen LogP contribution in [0.4, 0.5) is 10.5 Å². The fourth-order valence-electron chi connectivity index (χ4n) is 3.38. The molecule has 1 amide bonds. The Morgan fingerprint density at radius 3 is 2.41 bits per heavy atom. The first-order chi connectivity index (χ1) is 13.2. The number of anilines is 1. The third-order valence-electron chi connectivity index (χ3n) is 4.77. The number of hydrogen-bond acceptors (Lipinski definition) is 4. The summed E-state index contributed by atoms with van der Waals surface area (Å²) in [6.07, 6.45) is 2.24. The van der Waals surface area contributed by atoms with Crippen molar-refractivity contribution in [2.24, 2.45) is 0 Å². The molecule has 1 saturated heterocycles. The first-order valence-corrected chi connectivity index (χ1v) is 10.0. The number of hydrogen-bond donors (Lipinski definition) is 1. The number of fused-ring (bicyclic) bond motifs is 3. The van der Waals surface area contributed by atoms with Crippen LogP contribution in [0.3, 0.4) is 0 Å². The van der Waals surface area contributed by atoms with Gasteiger partial charge in [-0.2, -0.15) is 0 Å². The number of ether oxygens (including phenoxy) is 1. The number of benzene rings is 2. The van der Waals surface area contributed by atoms with E-state index < -0.39 is 0 Å². The molecule has 6 heteroatoms. The van der Waals surface area contributed by atoms with E-state index >= 15 is 0 Å². The summed E-state index contributed by atoms with van der Waals surface area (Å²) in [5, 5.41) is 5.57. The predicted molar refractivity (Wildman–Crippen MR) is 114 cm³/mol. The van der Waals surface area contributed by atoms with E-state index in [-0.39, 0.29) is 6.09 Å². The molecular formula is C21H29ClN3O2+. The average Bonchev–Trinajstić information content (AvgIpc) is 3.20. The molecule has 1 fully saturated rings. The molecule has 0 atom stereocenters. The van der Waals surface area contributed by atoms with Gasteiger partial charge in [0.1, 0.15) is 5.75 Å². The van der Waals surface area contributed by atoms with E-state index in [1.54, 1.807) is 11.8 Å². The molecule has 2 aromatic carbocycles. The molecule has 2 heterocycles. The molecule has 0 saturated carbocycles. The van der Waals surface area contributed by atoms with Gasteiger partial charge in [-0.1, -0.05) is 24.3 Å². The van der Waals surface area contributed by atoms with Gasteiger partial charge < -0.3 is 19.9 Å². The highest BCUT2D eigenvalue weighted by atomic mass is 35.5. The van der Waals surface area contributed by atoms with Crippen LogP contribution >= 0.6 is 11.6 Å². The first kappa shape index (κ1) is 21.2. The maximum Gasteiger partial charge on any atom is 0.415 e. The topological polar surface area (TPSA) is 44.8 Å². The fourth-order valence-corrected chi connectivity index (χ4v) is 3.38. The summed E-state index contributed by atoms with van der Waals surface area (Å²) < 4.78 is 5.76. The van der Waals surface area contributed by atoms with Crippen molar-refractivity contribution < 1.29 is 9.53 Å². The van der Waals surface area contributed by atoms with Crippen molar-refractivity contribution in [3.05, 3.63) is 42.8 Å². The molecule has 2 aromatic rings. The monoisotopic (exact) mass is 390 g/mol. The Labute approximate surface area is 167 Å². The lowest BCUT2D eigenvalue weighted by Gasteiger charge is -2.31. The van der Waals surface area contributed by atoms with Gasteiger partial charge in [-0.05, 0) is 24.4 Å². The Morgan fingerprint density at radius 2 is 1.74 bits per heavy atom. The van der Waals surface area contributed by atoms with Crippen LogP contribution in [0.25, 0.3) is 10.8 Å². The largest absolute Gasteiger partial charge is 0.415 e. The van der Waals surface area contributed by atoms with Crippen LogP contribution in [-0.2, 0) is 6.42 Å². The normalized spacial score (nSPS) is 15.6. The zero-order valence-corrected chi connectivity index (χ0v) is 17.2. The van der Waals surface area contributed by atoms with Crippen LogP contribution < -0.4 is 10.1 Å². The summed E-state index contributed by atoms with van der Waals surface area (Å²) in [6, 6.07) is 10.1. The lowest BCUT2D eigenvalue weighted by Crippen LogP contribution is -2.48. The van der Waals surface area contributed by atoms with Gasteiger partial charge in [0.15, 0.2) is 0 Å². The Kier molecular flexibility index (Phi) is 8.07. The van der Waals surface area contributed by atoms with Crippen molar-refractivity contribution in [1.29, 1.82) is 0 Å². The van der Waals surface area contributed by atoms with Crippen LogP contribution in [0.5, 0.6) is 5.75 Å². The second kappa shape index (κ2) is 10.3. The van der Waals surface area contributed by atoms with Gasteiger partial charge >= 0.3 is 6.09 Å². The zero-order chi connectivity index (χ0) is 19.8. The number of halogens is 1. The highest BCUT2D eigenvalue weighted by Gasteiger charge is 2.23. The average molecular weight is 391 g/mol. The van der Waals surface area contributed by atoms with E-state index in [4.69, 9.17) is 4.74 Å². The number of carbonyl (C=O) groups is 1. The highest BCUT2D eigenvalue weighted by Crippen LogP contribution is 2.37. The molecule has 0 aromatic heterocycles. The lowest BCUT2D eigenvalue weighted by molar-refractivity contribution is 0.121. The van der Waals surface area contributed by atoms with Gasteiger partial charge in [0.25, 0.3) is 0 Å². The van der Waals surface area contributed by atoms with Crippen LogP contribution in [0.1, 0.15) is 12.5 Å². The molecule has 5 nitrogen and oxygen atoms in total. The van der Waals surface area contributed by atoms with Gasteiger partial charge in [0.05, 0.1) is 13.8 Å². The van der Waals surface area contributed by atoms with Gasteiger partial charge in [-0.15, -0.1) is 11.6 Å². The van der Waals surface area contributed by atoms with Gasteiger partial charge in [0, 0.05) is 56.2 Å². The van der Waals surface area contributed by atoms with Crippen LogP contribution in [-0.4, -0.2) is 62.0 Å². The molecule has 0 bridgehead atoms. The van der Waals surface area contributed by atoms with Crippen molar-refractivity contribution in [2.45, 2.75) is 13.3 Å². The maximum absolute atomic E-state index is 12.5. The Morgan fingerprint density at radius 1 is 1.11 bits per heavy atom. The minimum Gasteiger partial charge on any atom is -0.409 e. The SMILES string of the molecule is CCl.CN1CCN(C(=O)Oc2cc3c(c4ccccc24)CCN3)CC1.[CH2+]C. The number of nitrogens with zero attached hydrogens (tertiary/aromatic N) is 2. The molecule has 0 aliphatic carbocycles. The second-order valence-electron chi connectivity index (χ2n) is 6.28. The van der Waals surface area contributed by atoms with Crippen LogP contribution in [0.15, 0.2) is 30.3 Å². The fraction of sp³-hybridized carbons (Fsp3) is 0.429. The Bertz CT molecular complexity index is 758. The lowest BCUT2D eigenvalue weighted by atomic mass is 10.0. The van der Waals surface area contributed by atoms with Crippen molar-refractivity contribution >= 4 is 34.2 Å². The molecule has 27 heavy (non-hydrogen) atoms. The standard InChI is InChI=1S/C18H21N3O2.C2H5.CH3Cl/c1-20-8-10-21(11-9-20)18(22)23-17-12-16-14(6-7-19-16)13-4-2-3-5-15(13)17;2*1-2/h2-5,12,19H,6-11H2,1H3;1H2,2H3;1H3/q;+1;. The number of piperazine rings is 1. The minimum atomic E-state index is -0.249. The summed E-state index contributed by atoms with van der Waals surface area (Å²) in [7, 11) is 2.07. The van der Waals surface area contributed by atoms with E-state index in [0.29, 0.717) is 5.75 Å². The molecule has 0 unspecified atom stereocenters. The summed E-state index contributed by atoms with van der Waals surface area (Å²) >= 11 is 4.64. The molecule has 4 rings (SSSR count). The van der Waals surface area contributed by atoms with Crippen LogP contribution in [0, 0.1) is 6.92 Å². The van der Waals surface area contributed by atoms with Crippen molar-refractivity contribution in [2.75, 3.05) is 51.5 Å². The third-order valence-corrected chi connectivity index (χ3v) is 4.77. The molecule has 0 radical (unpaired) electrons. The van der Waals surface area contributed by atoms with E-state index in [9.17, 15) is 4.79 Å². The van der Waals surface area contributed by atoms with Crippen LogP contribution in [0.2, 0.25) is 0 Å². The van der Waals surface area contributed by atoms with Crippen molar-refractivity contribution in [3.8, 4) is 5.75 Å². The van der Waals surface area contributed by atoms with E-state index in [2.05, 4.69) is 41.9 Å². The smallest absolute Gasteiger partial charge is 0.409 e. The number of rotatable bonds is 1. The van der Waals surface area contributed by atoms with Gasteiger partial charge in [0.2, 0.25) is 0 Å². The summed E-state index contributed by atoms with van der Waals surface area (Å²) in [6.45, 7) is 9.16. The summed E-state index contributed by atoms with van der Waals surface area (Å²) in [5.74, 6) is 0.651. The van der Waals surface area contributed by atoms with Crippen molar-refractivity contribution in [3.63, 3.8) is 0 Å². The van der Waals surface area contributed by atoms with E-state index in [0.717, 1.165) is 50.2 Å². The molecule has 146 valence electrons. The van der Waals surface area contributed by atoms with E-state index in [1.165, 1.54) is 17.3 Å². The van der Waals surface area contributed by atoms with E-state index in [1.807, 2.05) is 24.3 Å². The number of alkyl halides is 1. The van der Waals surface area contributed by atoms with Gasteiger partial charge in [-0.25, -0.2) is 4.79 Å². The highest BCUT2D eigenvalue weighted by molar-refractivity contribution is 6.15. The molecule has 2 aliphatic heterocycles. The summed E-state index contributed by atoms with van der Waals surface area (Å²) in [5.41, 5.74) is 2.41. The minimum absolute atomic E-state index is 0.249. The molecule has 1 N–H and O–H groups in total. The van der Waals surface area contributed by atoms with Gasteiger partial charge in [-0.3, -0.25) is 0 Å². The zero-order valence-electron chi connectivity index (χ0n) is 16.4. The third kappa shape index (κ3) is 4.79. The first-order valence-electron chi connectivity index (χ1n) is 9.24. The number of carbonyl (C=O) groups excluding carboxylic acids is 1.